The van der Waals surface area contributed by atoms with E-state index in [1.54, 1.807) is 0 Å². The molecule has 2 heteroatoms. The number of hydrogen-bond acceptors (Lipinski definition) is 1. The molecule has 4 aromatic rings. The van der Waals surface area contributed by atoms with Crippen LogP contribution in [-0.2, 0) is 7.05 Å². The fraction of sp³-hybridized carbons (Fsp3) is 0.0909. The highest BCUT2D eigenvalue weighted by Gasteiger charge is 2.13. The summed E-state index contributed by atoms with van der Waals surface area (Å²) in [6.07, 6.45) is 3.94. The Morgan fingerprint density at radius 1 is 0.833 bits per heavy atom. The van der Waals surface area contributed by atoms with Gasteiger partial charge in [0.15, 0.2) is 6.20 Å². The molecule has 2 heterocycles. The maximum Gasteiger partial charge on any atom is 0.212 e. The Balaban J connectivity index is 1.94. The molecule has 0 unspecified atom stereocenters. The van der Waals surface area contributed by atoms with Gasteiger partial charge in [-0.05, 0) is 36.2 Å². The highest BCUT2D eigenvalue weighted by atomic mass is 14.9. The molecule has 0 saturated carbocycles. The summed E-state index contributed by atoms with van der Waals surface area (Å²) < 4.78 is 2.16. The number of fused-ring (bicyclic) bond motifs is 1. The number of pyridine rings is 2. The van der Waals surface area contributed by atoms with Crippen molar-refractivity contribution in [2.75, 3.05) is 0 Å². The second kappa shape index (κ2) is 5.89. The topological polar surface area (TPSA) is 16.8 Å². The third kappa shape index (κ3) is 2.46. The number of rotatable bonds is 2. The van der Waals surface area contributed by atoms with Crippen LogP contribution in [0, 0.1) is 6.92 Å². The van der Waals surface area contributed by atoms with Crippen LogP contribution in [-0.4, -0.2) is 4.98 Å². The minimum absolute atomic E-state index is 1.05. The fourth-order valence-corrected chi connectivity index (χ4v) is 3.21. The maximum atomic E-state index is 4.59. The molecule has 0 saturated heterocycles. The van der Waals surface area contributed by atoms with Crippen molar-refractivity contribution in [2.45, 2.75) is 6.92 Å². The molecule has 0 spiro atoms. The Morgan fingerprint density at radius 2 is 1.71 bits per heavy atom. The van der Waals surface area contributed by atoms with Crippen molar-refractivity contribution in [3.63, 3.8) is 0 Å². The van der Waals surface area contributed by atoms with Crippen LogP contribution in [0.3, 0.4) is 0 Å². The smallest absolute Gasteiger partial charge is 0.212 e. The van der Waals surface area contributed by atoms with E-state index in [0.717, 1.165) is 5.52 Å². The van der Waals surface area contributed by atoms with Gasteiger partial charge < -0.3 is 0 Å². The van der Waals surface area contributed by atoms with Crippen LogP contribution in [0.15, 0.2) is 79.1 Å². The molecule has 4 rings (SSSR count). The summed E-state index contributed by atoms with van der Waals surface area (Å²) in [5.74, 6) is 0. The van der Waals surface area contributed by atoms with Crippen LogP contribution >= 0.6 is 0 Å². The van der Waals surface area contributed by atoms with Crippen LogP contribution in [0.1, 0.15) is 5.56 Å². The Kier molecular flexibility index (Phi) is 3.58. The van der Waals surface area contributed by atoms with E-state index in [1.807, 2.05) is 12.3 Å². The summed E-state index contributed by atoms with van der Waals surface area (Å²) in [5.41, 5.74) is 7.16. The highest BCUT2D eigenvalue weighted by molar-refractivity contribution is 5.94. The molecule has 24 heavy (non-hydrogen) atoms. The lowest BCUT2D eigenvalue weighted by Gasteiger charge is -2.10. The normalized spacial score (nSPS) is 10.9. The van der Waals surface area contributed by atoms with Gasteiger partial charge in [0.2, 0.25) is 5.69 Å². The van der Waals surface area contributed by atoms with Crippen molar-refractivity contribution in [2.24, 2.45) is 7.05 Å². The van der Waals surface area contributed by atoms with E-state index in [0.29, 0.717) is 0 Å². The number of benzene rings is 2. The van der Waals surface area contributed by atoms with Gasteiger partial charge in [0.1, 0.15) is 7.05 Å². The van der Waals surface area contributed by atoms with Crippen molar-refractivity contribution < 1.29 is 4.57 Å². The monoisotopic (exact) mass is 311 g/mol. The zero-order valence-corrected chi connectivity index (χ0v) is 13.9. The molecule has 0 atom stereocenters. The third-order valence-electron chi connectivity index (χ3n) is 4.51. The van der Waals surface area contributed by atoms with Crippen LogP contribution < -0.4 is 4.57 Å². The largest absolute Gasteiger partial charge is 0.256 e. The molecular weight excluding hydrogens is 292 g/mol. The second-order valence-electron chi connectivity index (χ2n) is 6.11. The number of para-hydroxylation sites is 1. The summed E-state index contributed by atoms with van der Waals surface area (Å²) in [5, 5.41) is 1.17. The molecule has 0 bridgehead atoms. The van der Waals surface area contributed by atoms with Gasteiger partial charge in [-0.15, -0.1) is 0 Å². The zero-order chi connectivity index (χ0) is 16.5. The summed E-state index contributed by atoms with van der Waals surface area (Å²) in [7, 11) is 2.08. The molecule has 0 aliphatic carbocycles. The van der Waals surface area contributed by atoms with Gasteiger partial charge in [-0.3, -0.25) is 4.98 Å². The number of aromatic nitrogens is 2. The lowest BCUT2D eigenvalue weighted by molar-refractivity contribution is -0.660. The van der Waals surface area contributed by atoms with E-state index in [1.165, 1.54) is 33.3 Å². The zero-order valence-electron chi connectivity index (χ0n) is 13.9. The van der Waals surface area contributed by atoms with E-state index < -0.39 is 0 Å². The van der Waals surface area contributed by atoms with Crippen LogP contribution in [0.25, 0.3) is 33.3 Å². The van der Waals surface area contributed by atoms with E-state index >= 15 is 0 Å². The number of nitrogens with zero attached hydrogens (tertiary/aromatic N) is 2. The molecule has 2 aromatic heterocycles. The van der Waals surface area contributed by atoms with E-state index in [2.05, 4.69) is 90.4 Å². The second-order valence-corrected chi connectivity index (χ2v) is 6.11. The first-order valence-corrected chi connectivity index (χ1v) is 8.14. The molecule has 0 N–H and O–H groups in total. The first-order valence-electron chi connectivity index (χ1n) is 8.14. The molecule has 0 fully saturated rings. The molecule has 2 nitrogen and oxygen atoms in total. The number of aryl methyl sites for hydroxylation is 2. The third-order valence-corrected chi connectivity index (χ3v) is 4.51. The molecular formula is C22H19N2+. The molecule has 0 aliphatic heterocycles. The Hall–Kier alpha value is -3.00. The molecule has 2 aromatic carbocycles. The predicted molar refractivity (Wildman–Crippen MR) is 98.5 cm³/mol. The number of hydrogen-bond donors (Lipinski definition) is 0. The average molecular weight is 311 g/mol. The van der Waals surface area contributed by atoms with Gasteiger partial charge in [-0.2, -0.15) is 0 Å². The quantitative estimate of drug-likeness (QED) is 0.490. The lowest BCUT2D eigenvalue weighted by atomic mass is 9.96. The van der Waals surface area contributed by atoms with Crippen LogP contribution in [0.5, 0.6) is 0 Å². The van der Waals surface area contributed by atoms with Crippen LogP contribution in [0.2, 0.25) is 0 Å². The maximum absolute atomic E-state index is 4.59. The SMILES string of the molecule is Cc1ccc(-c2cccc3cccnc23)cc1-c1cccc[n+]1C. The van der Waals surface area contributed by atoms with Crippen molar-refractivity contribution in [1.82, 2.24) is 4.98 Å². The van der Waals surface area contributed by atoms with Gasteiger partial charge in [0, 0.05) is 34.8 Å². The summed E-state index contributed by atoms with van der Waals surface area (Å²) >= 11 is 0. The van der Waals surface area contributed by atoms with Gasteiger partial charge in [0.05, 0.1) is 5.52 Å². The average Bonchev–Trinajstić information content (AvgIpc) is 2.62. The Morgan fingerprint density at radius 3 is 2.58 bits per heavy atom. The first-order chi connectivity index (χ1) is 11.7. The van der Waals surface area contributed by atoms with Gasteiger partial charge >= 0.3 is 0 Å². The van der Waals surface area contributed by atoms with Crippen LogP contribution in [0.4, 0.5) is 0 Å². The summed E-state index contributed by atoms with van der Waals surface area (Å²) in [6, 6.07) is 23.4. The summed E-state index contributed by atoms with van der Waals surface area (Å²) in [6.45, 7) is 2.16. The standard InChI is InChI=1S/C22H19N2/c1-16-11-12-18(15-20(16)21-10-3-4-14-24(21)2)19-9-5-7-17-8-6-13-23-22(17)19/h3-15H,1-2H3/q+1. The molecule has 0 radical (unpaired) electrons. The molecule has 0 amide bonds. The van der Waals surface area contributed by atoms with Gasteiger partial charge in [-0.1, -0.05) is 36.4 Å². The van der Waals surface area contributed by atoms with E-state index in [9.17, 15) is 0 Å². The van der Waals surface area contributed by atoms with Crippen molar-refractivity contribution >= 4 is 10.9 Å². The van der Waals surface area contributed by atoms with Crippen molar-refractivity contribution in [3.8, 4) is 22.4 Å². The Labute approximate surface area is 142 Å². The van der Waals surface area contributed by atoms with Gasteiger partial charge in [-0.25, -0.2) is 4.57 Å². The van der Waals surface area contributed by atoms with E-state index in [4.69, 9.17) is 0 Å². The molecule has 116 valence electrons. The van der Waals surface area contributed by atoms with Crippen molar-refractivity contribution in [3.05, 3.63) is 84.7 Å². The highest BCUT2D eigenvalue weighted by Crippen LogP contribution is 2.31. The van der Waals surface area contributed by atoms with Crippen molar-refractivity contribution in [1.29, 1.82) is 0 Å². The summed E-state index contributed by atoms with van der Waals surface area (Å²) in [4.78, 5) is 4.59. The predicted octanol–water partition coefficient (Wildman–Crippen LogP) is 4.70. The fourth-order valence-electron chi connectivity index (χ4n) is 3.21. The minimum atomic E-state index is 1.05. The van der Waals surface area contributed by atoms with Gasteiger partial charge in [0.25, 0.3) is 0 Å². The molecule has 0 aliphatic rings. The van der Waals surface area contributed by atoms with E-state index in [-0.39, 0.29) is 0 Å². The Bertz CT molecular complexity index is 1030. The lowest BCUT2D eigenvalue weighted by Crippen LogP contribution is -2.30. The minimum Gasteiger partial charge on any atom is -0.256 e. The first kappa shape index (κ1) is 14.6.